The Balaban J connectivity index is 2.43. The summed E-state index contributed by atoms with van der Waals surface area (Å²) >= 11 is 0. The molecule has 19 heavy (non-hydrogen) atoms. The molecule has 0 saturated carbocycles. The second-order valence-corrected chi connectivity index (χ2v) is 5.88. The van der Waals surface area contributed by atoms with Gasteiger partial charge in [0, 0.05) is 24.3 Å². The van der Waals surface area contributed by atoms with E-state index in [1.54, 1.807) is 20.0 Å². The number of rotatable bonds is 1. The minimum Gasteiger partial charge on any atom is -0.378 e. The number of aromatic nitrogens is 1. The van der Waals surface area contributed by atoms with Gasteiger partial charge in [-0.15, -0.1) is 0 Å². The number of aliphatic hydroxyl groups is 1. The molecular formula is C16H22N2O. The number of pyridine rings is 1. The number of fused-ring (bicyclic) bond motifs is 1. The Morgan fingerprint density at radius 3 is 2.74 bits per heavy atom. The van der Waals surface area contributed by atoms with Gasteiger partial charge in [-0.1, -0.05) is 11.8 Å². The van der Waals surface area contributed by atoms with Crippen LogP contribution in [-0.4, -0.2) is 28.3 Å². The van der Waals surface area contributed by atoms with Gasteiger partial charge in [0.1, 0.15) is 5.60 Å². The van der Waals surface area contributed by atoms with Gasteiger partial charge in [-0.25, -0.2) is 0 Å². The van der Waals surface area contributed by atoms with Crippen LogP contribution in [0.25, 0.3) is 0 Å². The van der Waals surface area contributed by atoms with E-state index in [0.29, 0.717) is 6.04 Å². The van der Waals surface area contributed by atoms with Crippen LogP contribution < -0.4 is 4.90 Å². The molecule has 0 unspecified atom stereocenters. The standard InChI is InChI=1S/C16H22N2O/c1-12(2)18-9-5-6-14-13(7-8-16(3,4)19)10-17-11-15(14)18/h10-12,19H,5-6,9H2,1-4H3. The molecule has 1 aliphatic heterocycles. The average Bonchev–Trinajstić information content (AvgIpc) is 2.34. The summed E-state index contributed by atoms with van der Waals surface area (Å²) in [5.74, 6) is 5.96. The first-order valence-electron chi connectivity index (χ1n) is 6.87. The zero-order valence-electron chi connectivity index (χ0n) is 12.2. The third-order valence-electron chi connectivity index (χ3n) is 3.30. The lowest BCUT2D eigenvalue weighted by Crippen LogP contribution is -2.35. The van der Waals surface area contributed by atoms with Gasteiger partial charge in [0.05, 0.1) is 11.9 Å². The van der Waals surface area contributed by atoms with Gasteiger partial charge in [0.15, 0.2) is 0 Å². The molecule has 0 fully saturated rings. The molecule has 0 amide bonds. The maximum Gasteiger partial charge on any atom is 0.120 e. The second-order valence-electron chi connectivity index (χ2n) is 5.88. The third kappa shape index (κ3) is 3.27. The molecule has 2 rings (SSSR count). The van der Waals surface area contributed by atoms with Crippen LogP contribution in [0.2, 0.25) is 0 Å². The van der Waals surface area contributed by atoms with E-state index in [9.17, 15) is 5.11 Å². The van der Waals surface area contributed by atoms with Crippen molar-refractivity contribution in [3.63, 3.8) is 0 Å². The Hall–Kier alpha value is -1.53. The van der Waals surface area contributed by atoms with Crippen LogP contribution in [-0.2, 0) is 6.42 Å². The van der Waals surface area contributed by atoms with Crippen molar-refractivity contribution in [3.8, 4) is 11.8 Å². The highest BCUT2D eigenvalue weighted by molar-refractivity contribution is 5.61. The average molecular weight is 258 g/mol. The van der Waals surface area contributed by atoms with Gasteiger partial charge in [-0.05, 0) is 46.1 Å². The first-order valence-corrected chi connectivity index (χ1v) is 6.87. The van der Waals surface area contributed by atoms with E-state index >= 15 is 0 Å². The Labute approximate surface area is 115 Å². The third-order valence-corrected chi connectivity index (χ3v) is 3.30. The number of hydrogen-bond acceptors (Lipinski definition) is 3. The zero-order chi connectivity index (χ0) is 14.0. The van der Waals surface area contributed by atoms with Gasteiger partial charge >= 0.3 is 0 Å². The quantitative estimate of drug-likeness (QED) is 0.786. The van der Waals surface area contributed by atoms with Crippen LogP contribution in [0.1, 0.15) is 45.2 Å². The summed E-state index contributed by atoms with van der Waals surface area (Å²) in [5.41, 5.74) is 2.45. The fraction of sp³-hybridized carbons (Fsp3) is 0.562. The predicted molar refractivity (Wildman–Crippen MR) is 78.2 cm³/mol. The topological polar surface area (TPSA) is 36.4 Å². The number of anilines is 1. The highest BCUT2D eigenvalue weighted by atomic mass is 16.3. The van der Waals surface area contributed by atoms with Crippen molar-refractivity contribution in [2.45, 2.75) is 52.2 Å². The Kier molecular flexibility index (Phi) is 3.82. The first kappa shape index (κ1) is 13.9. The molecule has 1 aliphatic rings. The summed E-state index contributed by atoms with van der Waals surface area (Å²) in [7, 11) is 0. The minimum atomic E-state index is -0.963. The summed E-state index contributed by atoms with van der Waals surface area (Å²) in [6, 6.07) is 0.471. The molecule has 1 N–H and O–H groups in total. The minimum absolute atomic E-state index is 0.471. The summed E-state index contributed by atoms with van der Waals surface area (Å²) in [4.78, 5) is 6.68. The van der Waals surface area contributed by atoms with Crippen LogP contribution in [0.15, 0.2) is 12.4 Å². The Morgan fingerprint density at radius 2 is 2.11 bits per heavy atom. The number of nitrogens with zero attached hydrogens (tertiary/aromatic N) is 2. The van der Waals surface area contributed by atoms with E-state index in [0.717, 1.165) is 24.9 Å². The molecule has 102 valence electrons. The van der Waals surface area contributed by atoms with Crippen molar-refractivity contribution < 1.29 is 5.11 Å². The van der Waals surface area contributed by atoms with Crippen LogP contribution in [0.4, 0.5) is 5.69 Å². The smallest absolute Gasteiger partial charge is 0.120 e. The summed E-state index contributed by atoms with van der Waals surface area (Å²) in [5, 5.41) is 9.72. The molecule has 0 spiro atoms. The molecule has 0 atom stereocenters. The van der Waals surface area contributed by atoms with Crippen molar-refractivity contribution in [1.82, 2.24) is 4.98 Å². The SMILES string of the molecule is CC(C)N1CCCc2c(C#CC(C)(C)O)cncc21. The van der Waals surface area contributed by atoms with Gasteiger partial charge < -0.3 is 10.0 Å². The van der Waals surface area contributed by atoms with E-state index in [1.165, 1.54) is 11.3 Å². The van der Waals surface area contributed by atoms with E-state index in [4.69, 9.17) is 0 Å². The first-order chi connectivity index (χ1) is 8.88. The van der Waals surface area contributed by atoms with Crippen LogP contribution in [0.3, 0.4) is 0 Å². The van der Waals surface area contributed by atoms with Crippen molar-refractivity contribution >= 4 is 5.69 Å². The molecule has 0 aromatic carbocycles. The molecule has 1 aromatic rings. The van der Waals surface area contributed by atoms with Gasteiger partial charge in [0.2, 0.25) is 0 Å². The van der Waals surface area contributed by atoms with Gasteiger partial charge in [0.25, 0.3) is 0 Å². The summed E-state index contributed by atoms with van der Waals surface area (Å²) in [6.07, 6.45) is 5.93. The van der Waals surface area contributed by atoms with Crippen molar-refractivity contribution in [2.24, 2.45) is 0 Å². The van der Waals surface area contributed by atoms with E-state index < -0.39 is 5.60 Å². The lowest BCUT2D eigenvalue weighted by molar-refractivity contribution is 0.143. The van der Waals surface area contributed by atoms with Gasteiger partial charge in [-0.3, -0.25) is 4.98 Å². The fourth-order valence-electron chi connectivity index (χ4n) is 2.40. The molecule has 0 saturated heterocycles. The van der Waals surface area contributed by atoms with Crippen molar-refractivity contribution in [3.05, 3.63) is 23.5 Å². The van der Waals surface area contributed by atoms with Crippen LogP contribution in [0.5, 0.6) is 0 Å². The molecule has 1 aromatic heterocycles. The second kappa shape index (κ2) is 5.22. The largest absolute Gasteiger partial charge is 0.378 e. The maximum atomic E-state index is 9.72. The molecule has 2 heterocycles. The van der Waals surface area contributed by atoms with Gasteiger partial charge in [-0.2, -0.15) is 0 Å². The maximum absolute atomic E-state index is 9.72. The lowest BCUT2D eigenvalue weighted by atomic mass is 9.97. The zero-order valence-corrected chi connectivity index (χ0v) is 12.2. The van der Waals surface area contributed by atoms with Crippen molar-refractivity contribution in [1.29, 1.82) is 0 Å². The Bertz CT molecular complexity index is 518. The van der Waals surface area contributed by atoms with E-state index in [1.807, 2.05) is 6.20 Å². The molecule has 0 aliphatic carbocycles. The molecular weight excluding hydrogens is 236 g/mol. The monoisotopic (exact) mass is 258 g/mol. The van der Waals surface area contributed by atoms with E-state index in [-0.39, 0.29) is 0 Å². The highest BCUT2D eigenvalue weighted by Crippen LogP contribution is 2.30. The van der Waals surface area contributed by atoms with E-state index in [2.05, 4.69) is 35.6 Å². The predicted octanol–water partition coefficient (Wildman–Crippen LogP) is 2.37. The van der Waals surface area contributed by atoms with Crippen LogP contribution in [0, 0.1) is 11.8 Å². The lowest BCUT2D eigenvalue weighted by Gasteiger charge is -2.34. The summed E-state index contributed by atoms with van der Waals surface area (Å²) in [6.45, 7) is 8.87. The highest BCUT2D eigenvalue weighted by Gasteiger charge is 2.21. The van der Waals surface area contributed by atoms with Crippen LogP contribution >= 0.6 is 0 Å². The summed E-state index contributed by atoms with van der Waals surface area (Å²) < 4.78 is 0. The normalized spacial score (nSPS) is 14.9. The molecule has 3 heteroatoms. The molecule has 0 radical (unpaired) electrons. The van der Waals surface area contributed by atoms with Crippen molar-refractivity contribution in [2.75, 3.05) is 11.4 Å². The number of hydrogen-bond donors (Lipinski definition) is 1. The molecule has 3 nitrogen and oxygen atoms in total. The fourth-order valence-corrected chi connectivity index (χ4v) is 2.40. The Morgan fingerprint density at radius 1 is 1.37 bits per heavy atom. The molecule has 0 bridgehead atoms.